The van der Waals surface area contributed by atoms with Crippen LogP contribution in [-0.2, 0) is 6.42 Å². The number of ether oxygens (including phenoxy) is 1. The van der Waals surface area contributed by atoms with Crippen LogP contribution in [0.3, 0.4) is 0 Å². The van der Waals surface area contributed by atoms with Crippen LogP contribution in [-0.4, -0.2) is 12.1 Å². The maximum absolute atomic E-state index is 11.9. The molecule has 0 atom stereocenters. The molecule has 0 heterocycles. The summed E-state index contributed by atoms with van der Waals surface area (Å²) in [6, 6.07) is 16.0. The van der Waals surface area contributed by atoms with Gasteiger partial charge in [0.25, 0.3) is 0 Å². The molecule has 110 valence electrons. The molecule has 0 aliphatic rings. The van der Waals surface area contributed by atoms with Crippen molar-refractivity contribution < 1.29 is 9.53 Å². The van der Waals surface area contributed by atoms with Gasteiger partial charge in [-0.15, -0.1) is 0 Å². The molecule has 2 aromatic rings. The fourth-order valence-corrected chi connectivity index (χ4v) is 2.19. The lowest BCUT2D eigenvalue weighted by Crippen LogP contribution is -2.33. The van der Waals surface area contributed by atoms with Crippen molar-refractivity contribution in [2.45, 2.75) is 33.2 Å². The third-order valence-electron chi connectivity index (χ3n) is 3.16. The van der Waals surface area contributed by atoms with E-state index in [4.69, 9.17) is 4.74 Å². The molecule has 1 N–H and O–H groups in total. The van der Waals surface area contributed by atoms with Gasteiger partial charge >= 0.3 is 6.09 Å². The highest BCUT2D eigenvalue weighted by Gasteiger charge is 2.14. The Labute approximate surface area is 126 Å². The first kappa shape index (κ1) is 15.1. The molecule has 21 heavy (non-hydrogen) atoms. The Balaban J connectivity index is 2.40. The van der Waals surface area contributed by atoms with E-state index in [0.717, 1.165) is 23.1 Å². The van der Waals surface area contributed by atoms with E-state index in [1.807, 2.05) is 62.4 Å². The molecule has 0 aromatic heterocycles. The molecule has 3 heteroatoms. The van der Waals surface area contributed by atoms with Gasteiger partial charge in [0, 0.05) is 11.6 Å². The summed E-state index contributed by atoms with van der Waals surface area (Å²) in [5, 5.41) is 2.76. The maximum Gasteiger partial charge on any atom is 0.412 e. The Morgan fingerprint density at radius 1 is 1.10 bits per heavy atom. The van der Waals surface area contributed by atoms with Gasteiger partial charge in [0.15, 0.2) is 0 Å². The zero-order valence-electron chi connectivity index (χ0n) is 12.7. The Kier molecular flexibility index (Phi) is 4.99. The summed E-state index contributed by atoms with van der Waals surface area (Å²) in [5.74, 6) is 0.643. The van der Waals surface area contributed by atoms with Gasteiger partial charge in [-0.05, 0) is 31.4 Å². The predicted molar refractivity (Wildman–Crippen MR) is 85.6 cm³/mol. The lowest BCUT2D eigenvalue weighted by atomic mass is 10.0. The number of amides is 1. The first-order valence-electron chi connectivity index (χ1n) is 7.27. The van der Waals surface area contributed by atoms with Crippen molar-refractivity contribution in [2.24, 2.45) is 0 Å². The van der Waals surface area contributed by atoms with Crippen LogP contribution in [0.25, 0.3) is 11.1 Å². The predicted octanol–water partition coefficient (Wildman–Crippen LogP) is 4.41. The number of benzene rings is 2. The first-order chi connectivity index (χ1) is 10.1. The molecule has 3 nitrogen and oxygen atoms in total. The van der Waals surface area contributed by atoms with E-state index >= 15 is 0 Å². The molecule has 0 saturated carbocycles. The average Bonchev–Trinajstić information content (AvgIpc) is 2.47. The van der Waals surface area contributed by atoms with Crippen molar-refractivity contribution in [1.29, 1.82) is 0 Å². The summed E-state index contributed by atoms with van der Waals surface area (Å²) < 4.78 is 5.58. The number of rotatable bonds is 4. The van der Waals surface area contributed by atoms with Gasteiger partial charge in [-0.2, -0.15) is 0 Å². The Morgan fingerprint density at radius 2 is 1.81 bits per heavy atom. The van der Waals surface area contributed by atoms with Gasteiger partial charge in [-0.1, -0.05) is 55.5 Å². The SMILES string of the molecule is CCc1cccc(-c2ccccc2)c1OC(=O)NC(C)C. The van der Waals surface area contributed by atoms with Crippen LogP contribution in [0, 0.1) is 0 Å². The van der Waals surface area contributed by atoms with Crippen molar-refractivity contribution in [3.63, 3.8) is 0 Å². The minimum absolute atomic E-state index is 0.0477. The largest absolute Gasteiger partial charge is 0.412 e. The van der Waals surface area contributed by atoms with E-state index in [1.165, 1.54) is 0 Å². The van der Waals surface area contributed by atoms with Gasteiger partial charge in [0.2, 0.25) is 0 Å². The fourth-order valence-electron chi connectivity index (χ4n) is 2.19. The highest BCUT2D eigenvalue weighted by Crippen LogP contribution is 2.33. The Morgan fingerprint density at radius 3 is 2.43 bits per heavy atom. The van der Waals surface area contributed by atoms with Crippen LogP contribution in [0.15, 0.2) is 48.5 Å². The van der Waals surface area contributed by atoms with E-state index in [1.54, 1.807) is 0 Å². The molecule has 0 spiro atoms. The zero-order chi connectivity index (χ0) is 15.2. The molecule has 0 bridgehead atoms. The number of hydrogen-bond acceptors (Lipinski definition) is 2. The molecule has 0 saturated heterocycles. The maximum atomic E-state index is 11.9. The van der Waals surface area contributed by atoms with Crippen LogP contribution in [0.1, 0.15) is 26.3 Å². The minimum Gasteiger partial charge on any atom is -0.409 e. The molecular weight excluding hydrogens is 262 g/mol. The first-order valence-corrected chi connectivity index (χ1v) is 7.27. The summed E-state index contributed by atoms with van der Waals surface area (Å²) in [6.07, 6.45) is 0.397. The standard InChI is InChI=1S/C18H21NO2/c1-4-14-11-8-12-16(15-9-6-5-7-10-15)17(14)21-18(20)19-13(2)3/h5-13H,4H2,1-3H3,(H,19,20). The molecule has 2 aromatic carbocycles. The summed E-state index contributed by atoms with van der Waals surface area (Å²) in [5.41, 5.74) is 3.00. The smallest absolute Gasteiger partial charge is 0.409 e. The molecule has 2 rings (SSSR count). The number of carbonyl (C=O) groups excluding carboxylic acids is 1. The lowest BCUT2D eigenvalue weighted by Gasteiger charge is -2.15. The van der Waals surface area contributed by atoms with Crippen LogP contribution < -0.4 is 10.1 Å². The van der Waals surface area contributed by atoms with Crippen molar-refractivity contribution in [1.82, 2.24) is 5.32 Å². The second kappa shape index (κ2) is 6.93. The Bertz CT molecular complexity index is 606. The third-order valence-corrected chi connectivity index (χ3v) is 3.16. The summed E-state index contributed by atoms with van der Waals surface area (Å²) >= 11 is 0. The Hall–Kier alpha value is -2.29. The normalized spacial score (nSPS) is 10.5. The van der Waals surface area contributed by atoms with Crippen LogP contribution >= 0.6 is 0 Å². The third kappa shape index (κ3) is 3.85. The number of hydrogen-bond donors (Lipinski definition) is 1. The summed E-state index contributed by atoms with van der Waals surface area (Å²) in [6.45, 7) is 5.87. The number of carbonyl (C=O) groups is 1. The van der Waals surface area contributed by atoms with Crippen LogP contribution in [0.4, 0.5) is 4.79 Å². The van der Waals surface area contributed by atoms with Gasteiger partial charge in [0.05, 0.1) is 0 Å². The summed E-state index contributed by atoms with van der Waals surface area (Å²) in [4.78, 5) is 11.9. The van der Waals surface area contributed by atoms with Gasteiger partial charge < -0.3 is 10.1 Å². The summed E-state index contributed by atoms with van der Waals surface area (Å²) in [7, 11) is 0. The van der Waals surface area contributed by atoms with E-state index < -0.39 is 6.09 Å². The van der Waals surface area contributed by atoms with Gasteiger partial charge in [-0.3, -0.25) is 0 Å². The lowest BCUT2D eigenvalue weighted by molar-refractivity contribution is 0.197. The quantitative estimate of drug-likeness (QED) is 0.902. The van der Waals surface area contributed by atoms with E-state index in [0.29, 0.717) is 5.75 Å². The van der Waals surface area contributed by atoms with Crippen molar-refractivity contribution in [2.75, 3.05) is 0 Å². The molecule has 0 aliphatic carbocycles. The average molecular weight is 283 g/mol. The minimum atomic E-state index is -0.414. The van der Waals surface area contributed by atoms with E-state index in [2.05, 4.69) is 12.2 Å². The monoisotopic (exact) mass is 283 g/mol. The van der Waals surface area contributed by atoms with Crippen molar-refractivity contribution >= 4 is 6.09 Å². The molecule has 0 fully saturated rings. The zero-order valence-corrected chi connectivity index (χ0v) is 12.7. The molecule has 0 radical (unpaired) electrons. The molecule has 1 amide bonds. The highest BCUT2D eigenvalue weighted by molar-refractivity contribution is 5.78. The molecule has 0 aliphatic heterocycles. The number of nitrogens with one attached hydrogen (secondary N) is 1. The second-order valence-corrected chi connectivity index (χ2v) is 5.20. The number of aryl methyl sites for hydroxylation is 1. The van der Waals surface area contributed by atoms with Crippen molar-refractivity contribution in [3.8, 4) is 16.9 Å². The highest BCUT2D eigenvalue weighted by atomic mass is 16.6. The molecular formula is C18H21NO2. The molecule has 0 unspecified atom stereocenters. The topological polar surface area (TPSA) is 38.3 Å². The van der Waals surface area contributed by atoms with E-state index in [-0.39, 0.29) is 6.04 Å². The van der Waals surface area contributed by atoms with Crippen LogP contribution in [0.5, 0.6) is 5.75 Å². The fraction of sp³-hybridized carbons (Fsp3) is 0.278. The number of para-hydroxylation sites is 1. The van der Waals surface area contributed by atoms with Crippen molar-refractivity contribution in [3.05, 3.63) is 54.1 Å². The second-order valence-electron chi connectivity index (χ2n) is 5.20. The van der Waals surface area contributed by atoms with Gasteiger partial charge in [-0.25, -0.2) is 4.79 Å². The van der Waals surface area contributed by atoms with E-state index in [9.17, 15) is 4.79 Å². The van der Waals surface area contributed by atoms with Gasteiger partial charge in [0.1, 0.15) is 5.75 Å². The van der Waals surface area contributed by atoms with Crippen LogP contribution in [0.2, 0.25) is 0 Å².